The van der Waals surface area contributed by atoms with Crippen LogP contribution in [0.4, 0.5) is 4.79 Å². The van der Waals surface area contributed by atoms with Crippen LogP contribution in [-0.2, 0) is 9.47 Å². The molecule has 0 unspecified atom stereocenters. The maximum atomic E-state index is 12.5. The Kier molecular flexibility index (Phi) is 5.05. The average Bonchev–Trinajstić information content (AvgIpc) is 3.26. The minimum absolute atomic E-state index is 0.371. The summed E-state index contributed by atoms with van der Waals surface area (Å²) in [7, 11) is 0. The molecule has 1 heterocycles. The van der Waals surface area contributed by atoms with Crippen LogP contribution in [0.3, 0.4) is 0 Å². The number of aromatic nitrogens is 1. The molecule has 0 N–H and O–H groups in total. The summed E-state index contributed by atoms with van der Waals surface area (Å²) >= 11 is 0. The highest BCUT2D eigenvalue weighted by atomic mass is 16.6. The third kappa shape index (κ3) is 4.07. The summed E-state index contributed by atoms with van der Waals surface area (Å²) in [6.07, 6.45) is 4.51. The van der Waals surface area contributed by atoms with Gasteiger partial charge in [0, 0.05) is 11.6 Å². The zero-order chi connectivity index (χ0) is 18.9. The molecule has 1 fully saturated rings. The smallest absolute Gasteiger partial charge is 0.419 e. The van der Waals surface area contributed by atoms with Crippen molar-refractivity contribution in [1.29, 1.82) is 0 Å². The third-order valence-corrected chi connectivity index (χ3v) is 4.09. The monoisotopic (exact) mass is 359 g/mol. The van der Waals surface area contributed by atoms with Crippen LogP contribution in [0.1, 0.15) is 49.5 Å². The van der Waals surface area contributed by atoms with Crippen LogP contribution in [0.5, 0.6) is 5.75 Å². The topological polar surface area (TPSA) is 66.8 Å². The van der Waals surface area contributed by atoms with Crippen LogP contribution in [0.2, 0.25) is 0 Å². The number of aldehydes is 1. The first-order chi connectivity index (χ1) is 12.3. The van der Waals surface area contributed by atoms with Gasteiger partial charge in [0.15, 0.2) is 6.29 Å². The molecule has 1 aromatic carbocycles. The van der Waals surface area contributed by atoms with E-state index in [1.807, 2.05) is 27.7 Å². The number of hydrogen-bond donors (Lipinski definition) is 0. The first-order valence-electron chi connectivity index (χ1n) is 8.88. The lowest BCUT2D eigenvalue weighted by Gasteiger charge is -2.20. The zero-order valence-electron chi connectivity index (χ0n) is 15.7. The highest BCUT2D eigenvalue weighted by Gasteiger charge is 2.23. The molecule has 0 spiro atoms. The lowest BCUT2D eigenvalue weighted by atomic mass is 10.1. The normalized spacial score (nSPS) is 14.5. The van der Waals surface area contributed by atoms with E-state index in [0.717, 1.165) is 24.7 Å². The Morgan fingerprint density at radius 2 is 2.04 bits per heavy atom. The zero-order valence-corrected chi connectivity index (χ0v) is 15.7. The number of hydrogen-bond acceptors (Lipinski definition) is 5. The second-order valence-corrected chi connectivity index (χ2v) is 7.57. The Morgan fingerprint density at radius 3 is 2.65 bits per heavy atom. The molecular formula is C20H25NO5. The molecule has 1 saturated carbocycles. The molecule has 0 atom stereocenters. The Morgan fingerprint density at radius 1 is 1.31 bits per heavy atom. The van der Waals surface area contributed by atoms with Gasteiger partial charge >= 0.3 is 6.09 Å². The largest absolute Gasteiger partial charge is 0.490 e. The van der Waals surface area contributed by atoms with Crippen molar-refractivity contribution in [2.45, 2.75) is 52.2 Å². The van der Waals surface area contributed by atoms with E-state index in [-0.39, 0.29) is 0 Å². The summed E-state index contributed by atoms with van der Waals surface area (Å²) in [5.41, 5.74) is 1.32. The third-order valence-electron chi connectivity index (χ3n) is 4.09. The van der Waals surface area contributed by atoms with Crippen molar-refractivity contribution in [1.82, 2.24) is 4.57 Å². The minimum atomic E-state index is -0.598. The van der Waals surface area contributed by atoms with Gasteiger partial charge in [0.1, 0.15) is 18.0 Å². The Balaban J connectivity index is 1.87. The molecule has 6 heteroatoms. The van der Waals surface area contributed by atoms with Gasteiger partial charge in [-0.1, -0.05) is 0 Å². The van der Waals surface area contributed by atoms with Gasteiger partial charge in [-0.3, -0.25) is 9.36 Å². The average molecular weight is 359 g/mol. The van der Waals surface area contributed by atoms with E-state index in [2.05, 4.69) is 0 Å². The Bertz CT molecular complexity index is 827. The van der Waals surface area contributed by atoms with Crippen molar-refractivity contribution in [2.24, 2.45) is 0 Å². The maximum absolute atomic E-state index is 12.5. The van der Waals surface area contributed by atoms with Gasteiger partial charge in [-0.15, -0.1) is 0 Å². The molecule has 6 nitrogen and oxygen atoms in total. The standard InChI is InChI=1S/C20H25NO5/c1-13-11-17(25-10-9-24-14-5-6-14)16(12-22)15-7-8-21(18(13)15)19(23)26-20(2,3)4/h7-8,11-12,14H,5-6,9-10H2,1-4H3. The molecule has 140 valence electrons. The van der Waals surface area contributed by atoms with Gasteiger partial charge in [-0.2, -0.15) is 0 Å². The maximum Gasteiger partial charge on any atom is 0.419 e. The van der Waals surface area contributed by atoms with E-state index in [9.17, 15) is 9.59 Å². The summed E-state index contributed by atoms with van der Waals surface area (Å²) in [4.78, 5) is 24.1. The summed E-state index contributed by atoms with van der Waals surface area (Å²) in [5, 5.41) is 0.670. The summed E-state index contributed by atoms with van der Waals surface area (Å²) in [6.45, 7) is 8.21. The summed E-state index contributed by atoms with van der Waals surface area (Å²) in [6, 6.07) is 3.52. The van der Waals surface area contributed by atoms with E-state index < -0.39 is 11.7 Å². The second kappa shape index (κ2) is 7.11. The number of benzene rings is 1. The number of aryl methyl sites for hydroxylation is 1. The predicted octanol–water partition coefficient (Wildman–Crippen LogP) is 4.10. The number of fused-ring (bicyclic) bond motifs is 1. The first-order valence-corrected chi connectivity index (χ1v) is 8.88. The SMILES string of the molecule is Cc1cc(OCCOC2CC2)c(C=O)c2ccn(C(=O)OC(C)(C)C)c12. The molecule has 1 aliphatic rings. The predicted molar refractivity (Wildman–Crippen MR) is 98.2 cm³/mol. The molecule has 1 aliphatic carbocycles. The quantitative estimate of drug-likeness (QED) is 0.574. The van der Waals surface area contributed by atoms with Crippen LogP contribution < -0.4 is 4.74 Å². The molecule has 3 rings (SSSR count). The van der Waals surface area contributed by atoms with Crippen LogP contribution in [0.25, 0.3) is 10.9 Å². The lowest BCUT2D eigenvalue weighted by molar-refractivity contribution is 0.0544. The van der Waals surface area contributed by atoms with E-state index in [0.29, 0.717) is 41.5 Å². The van der Waals surface area contributed by atoms with E-state index in [1.54, 1.807) is 18.3 Å². The van der Waals surface area contributed by atoms with E-state index in [4.69, 9.17) is 14.2 Å². The van der Waals surface area contributed by atoms with Gasteiger partial charge in [-0.25, -0.2) is 4.79 Å². The highest BCUT2D eigenvalue weighted by Crippen LogP contribution is 2.31. The fourth-order valence-corrected chi connectivity index (χ4v) is 2.83. The molecule has 26 heavy (non-hydrogen) atoms. The minimum Gasteiger partial charge on any atom is -0.490 e. The summed E-state index contributed by atoms with van der Waals surface area (Å²) in [5.74, 6) is 0.506. The van der Waals surface area contributed by atoms with Crippen LogP contribution in [0.15, 0.2) is 18.3 Å². The summed E-state index contributed by atoms with van der Waals surface area (Å²) < 4.78 is 18.2. The second-order valence-electron chi connectivity index (χ2n) is 7.57. The van der Waals surface area contributed by atoms with Gasteiger partial charge in [0.05, 0.1) is 23.8 Å². The highest BCUT2D eigenvalue weighted by molar-refractivity contribution is 6.03. The van der Waals surface area contributed by atoms with Crippen molar-refractivity contribution < 1.29 is 23.8 Å². The van der Waals surface area contributed by atoms with E-state index >= 15 is 0 Å². The molecule has 1 aromatic heterocycles. The van der Waals surface area contributed by atoms with E-state index in [1.165, 1.54) is 4.57 Å². The number of carbonyl (C=O) groups excluding carboxylic acids is 2. The molecule has 0 amide bonds. The molecular weight excluding hydrogens is 334 g/mol. The fourth-order valence-electron chi connectivity index (χ4n) is 2.83. The number of carbonyl (C=O) groups is 2. The Hall–Kier alpha value is -2.34. The van der Waals surface area contributed by atoms with Crippen molar-refractivity contribution in [3.63, 3.8) is 0 Å². The number of nitrogens with zero attached hydrogens (tertiary/aromatic N) is 1. The van der Waals surface area contributed by atoms with Crippen LogP contribution in [-0.4, -0.2) is 41.9 Å². The van der Waals surface area contributed by atoms with Crippen molar-refractivity contribution in [2.75, 3.05) is 13.2 Å². The van der Waals surface area contributed by atoms with Crippen molar-refractivity contribution >= 4 is 23.3 Å². The first kappa shape index (κ1) is 18.5. The van der Waals surface area contributed by atoms with Crippen LogP contribution >= 0.6 is 0 Å². The van der Waals surface area contributed by atoms with Gasteiger partial charge < -0.3 is 14.2 Å². The van der Waals surface area contributed by atoms with Gasteiger partial charge in [0.2, 0.25) is 0 Å². The molecule has 2 aromatic rings. The Labute approximate surface area is 153 Å². The molecule has 0 radical (unpaired) electrons. The van der Waals surface area contributed by atoms with Crippen molar-refractivity contribution in [3.8, 4) is 5.75 Å². The molecule has 0 bridgehead atoms. The van der Waals surface area contributed by atoms with Crippen molar-refractivity contribution in [3.05, 3.63) is 29.5 Å². The van der Waals surface area contributed by atoms with Gasteiger partial charge in [0.25, 0.3) is 0 Å². The van der Waals surface area contributed by atoms with Crippen LogP contribution in [0, 0.1) is 6.92 Å². The number of rotatable bonds is 6. The fraction of sp³-hybridized carbons (Fsp3) is 0.500. The lowest BCUT2D eigenvalue weighted by Crippen LogP contribution is -2.26. The molecule has 0 aliphatic heterocycles. The van der Waals surface area contributed by atoms with Gasteiger partial charge in [-0.05, 0) is 58.2 Å². The number of ether oxygens (including phenoxy) is 3. The molecule has 0 saturated heterocycles.